The average Bonchev–Trinajstić information content (AvgIpc) is 3.53. The van der Waals surface area contributed by atoms with E-state index in [0.29, 0.717) is 25.5 Å². The van der Waals surface area contributed by atoms with Crippen molar-refractivity contribution in [3.8, 4) is 5.75 Å². The monoisotopic (exact) mass is 373 g/mol. The second kappa shape index (κ2) is 8.74. The van der Waals surface area contributed by atoms with Crippen LogP contribution in [0.4, 0.5) is 0 Å². The maximum Gasteiger partial charge on any atom is 0.225 e. The molecule has 3 rings (SSSR count). The van der Waals surface area contributed by atoms with Crippen molar-refractivity contribution in [3.63, 3.8) is 0 Å². The number of ether oxygens (including phenoxy) is 1. The number of nitrogens with zero attached hydrogens (tertiary/aromatic N) is 2. The minimum atomic E-state index is 0.00642. The van der Waals surface area contributed by atoms with Crippen molar-refractivity contribution in [1.82, 2.24) is 15.1 Å². The lowest BCUT2D eigenvalue weighted by atomic mass is 9.95. The number of benzene rings is 1. The summed E-state index contributed by atoms with van der Waals surface area (Å²) in [5, 5.41) is 3.12. The van der Waals surface area contributed by atoms with Gasteiger partial charge in [-0.1, -0.05) is 12.1 Å². The number of carbonyl (C=O) groups is 2. The van der Waals surface area contributed by atoms with Crippen molar-refractivity contribution >= 4 is 11.8 Å². The molecule has 2 fully saturated rings. The Morgan fingerprint density at radius 2 is 1.74 bits per heavy atom. The fourth-order valence-corrected chi connectivity index (χ4v) is 3.72. The van der Waals surface area contributed by atoms with Gasteiger partial charge < -0.3 is 19.9 Å². The second-order valence-electron chi connectivity index (χ2n) is 7.87. The number of carbonyl (C=O) groups excluding carboxylic acids is 2. The van der Waals surface area contributed by atoms with Crippen molar-refractivity contribution in [2.24, 2.45) is 11.8 Å². The van der Waals surface area contributed by atoms with Gasteiger partial charge in [-0.05, 0) is 57.5 Å². The van der Waals surface area contributed by atoms with Gasteiger partial charge in [-0.15, -0.1) is 0 Å². The van der Waals surface area contributed by atoms with Crippen LogP contribution in [0.2, 0.25) is 0 Å². The van der Waals surface area contributed by atoms with E-state index in [2.05, 4.69) is 10.2 Å². The lowest BCUT2D eigenvalue weighted by molar-refractivity contribution is -0.136. The predicted molar refractivity (Wildman–Crippen MR) is 104 cm³/mol. The first-order valence-electron chi connectivity index (χ1n) is 9.86. The molecule has 1 unspecified atom stereocenters. The first-order chi connectivity index (χ1) is 13.0. The molecule has 1 aliphatic heterocycles. The van der Waals surface area contributed by atoms with E-state index in [9.17, 15) is 9.59 Å². The normalized spacial score (nSPS) is 19.0. The van der Waals surface area contributed by atoms with E-state index in [0.717, 1.165) is 37.0 Å². The number of hydrogen-bond donors (Lipinski definition) is 1. The van der Waals surface area contributed by atoms with Gasteiger partial charge in [-0.3, -0.25) is 9.59 Å². The highest BCUT2D eigenvalue weighted by Crippen LogP contribution is 2.32. The fourth-order valence-electron chi connectivity index (χ4n) is 3.72. The van der Waals surface area contributed by atoms with E-state index < -0.39 is 0 Å². The molecule has 6 heteroatoms. The van der Waals surface area contributed by atoms with Gasteiger partial charge in [0.2, 0.25) is 11.8 Å². The molecule has 6 nitrogen and oxygen atoms in total. The molecule has 1 aromatic carbocycles. The molecule has 1 saturated carbocycles. The Bertz CT molecular complexity index is 647. The molecule has 2 aliphatic rings. The van der Waals surface area contributed by atoms with Crippen LogP contribution in [0, 0.1) is 11.8 Å². The highest BCUT2D eigenvalue weighted by molar-refractivity contribution is 5.82. The third-order valence-electron chi connectivity index (χ3n) is 5.70. The van der Waals surface area contributed by atoms with Crippen LogP contribution in [0.5, 0.6) is 5.75 Å². The second-order valence-corrected chi connectivity index (χ2v) is 7.87. The summed E-state index contributed by atoms with van der Waals surface area (Å²) in [6.45, 7) is 1.99. The van der Waals surface area contributed by atoms with Crippen LogP contribution in [0.1, 0.15) is 37.3 Å². The van der Waals surface area contributed by atoms with Crippen molar-refractivity contribution in [2.75, 3.05) is 40.8 Å². The van der Waals surface area contributed by atoms with Crippen LogP contribution in [0.15, 0.2) is 24.3 Å². The molecule has 0 bridgehead atoms. The van der Waals surface area contributed by atoms with Gasteiger partial charge >= 0.3 is 0 Å². The molecule has 0 spiro atoms. The minimum absolute atomic E-state index is 0.00642. The number of likely N-dealkylation sites (N-methyl/N-ethyl adjacent to an activating group) is 1. The van der Waals surface area contributed by atoms with Gasteiger partial charge in [0.25, 0.3) is 0 Å². The standard InChI is InChI=1S/C21H31N3O3/c1-23(2)19(15-6-8-18(27-3)9-7-15)14-22-20(25)16-10-12-24(13-11-16)21(26)17-4-5-17/h6-9,16-17,19H,4-5,10-14H2,1-3H3,(H,22,25). The lowest BCUT2D eigenvalue weighted by Crippen LogP contribution is -2.44. The molecule has 0 aromatic heterocycles. The van der Waals surface area contributed by atoms with Gasteiger partial charge in [0.15, 0.2) is 0 Å². The van der Waals surface area contributed by atoms with E-state index >= 15 is 0 Å². The molecule has 0 radical (unpaired) electrons. The molecule has 1 N–H and O–H groups in total. The number of nitrogens with one attached hydrogen (secondary N) is 1. The number of amides is 2. The Hall–Kier alpha value is -2.08. The zero-order chi connectivity index (χ0) is 19.4. The Kier molecular flexibility index (Phi) is 6.37. The fraction of sp³-hybridized carbons (Fsp3) is 0.619. The molecule has 1 saturated heterocycles. The van der Waals surface area contributed by atoms with Crippen LogP contribution in [0.3, 0.4) is 0 Å². The van der Waals surface area contributed by atoms with Gasteiger partial charge in [-0.25, -0.2) is 0 Å². The summed E-state index contributed by atoms with van der Waals surface area (Å²) in [7, 11) is 5.69. The third-order valence-corrected chi connectivity index (χ3v) is 5.70. The summed E-state index contributed by atoms with van der Waals surface area (Å²) in [6.07, 6.45) is 3.60. The zero-order valence-electron chi connectivity index (χ0n) is 16.6. The van der Waals surface area contributed by atoms with Gasteiger partial charge in [0.05, 0.1) is 13.2 Å². The van der Waals surface area contributed by atoms with Crippen LogP contribution in [-0.2, 0) is 9.59 Å². The number of likely N-dealkylation sites (tertiary alicyclic amines) is 1. The SMILES string of the molecule is COc1ccc(C(CNC(=O)C2CCN(C(=O)C3CC3)CC2)N(C)C)cc1. The number of hydrogen-bond acceptors (Lipinski definition) is 4. The third kappa shape index (κ3) is 5.01. The molecule has 1 aliphatic carbocycles. The summed E-state index contributed by atoms with van der Waals surface area (Å²) < 4.78 is 5.22. The van der Waals surface area contributed by atoms with Crippen LogP contribution >= 0.6 is 0 Å². The lowest BCUT2D eigenvalue weighted by Gasteiger charge is -2.32. The Morgan fingerprint density at radius 1 is 1.11 bits per heavy atom. The minimum Gasteiger partial charge on any atom is -0.497 e. The van der Waals surface area contributed by atoms with Crippen molar-refractivity contribution in [3.05, 3.63) is 29.8 Å². The number of methoxy groups -OCH3 is 1. The first-order valence-corrected chi connectivity index (χ1v) is 9.86. The Labute approximate surface area is 161 Å². The van der Waals surface area contributed by atoms with Crippen molar-refractivity contribution in [1.29, 1.82) is 0 Å². The van der Waals surface area contributed by atoms with Crippen LogP contribution in [0.25, 0.3) is 0 Å². The van der Waals surface area contributed by atoms with Gasteiger partial charge in [-0.2, -0.15) is 0 Å². The highest BCUT2D eigenvalue weighted by Gasteiger charge is 2.36. The van der Waals surface area contributed by atoms with E-state index in [1.54, 1.807) is 7.11 Å². The van der Waals surface area contributed by atoms with Gasteiger partial charge in [0.1, 0.15) is 5.75 Å². The van der Waals surface area contributed by atoms with E-state index in [1.165, 1.54) is 0 Å². The van der Waals surface area contributed by atoms with Crippen molar-refractivity contribution in [2.45, 2.75) is 31.7 Å². The van der Waals surface area contributed by atoms with Gasteiger partial charge in [0, 0.05) is 31.5 Å². The highest BCUT2D eigenvalue weighted by atomic mass is 16.5. The van der Waals surface area contributed by atoms with Crippen LogP contribution in [-0.4, -0.2) is 62.5 Å². The Morgan fingerprint density at radius 3 is 2.26 bits per heavy atom. The summed E-state index contributed by atoms with van der Waals surface area (Å²) in [5.41, 5.74) is 1.14. The summed E-state index contributed by atoms with van der Waals surface area (Å²) in [5.74, 6) is 1.50. The van der Waals surface area contributed by atoms with E-state index in [-0.39, 0.29) is 23.8 Å². The maximum atomic E-state index is 12.6. The molecule has 1 aromatic rings. The zero-order valence-corrected chi connectivity index (χ0v) is 16.6. The molecule has 2 amide bonds. The quantitative estimate of drug-likeness (QED) is 0.795. The smallest absolute Gasteiger partial charge is 0.225 e. The van der Waals surface area contributed by atoms with E-state index in [4.69, 9.17) is 4.74 Å². The number of rotatable bonds is 7. The first kappa shape index (κ1) is 19.7. The maximum absolute atomic E-state index is 12.6. The molecular formula is C21H31N3O3. The topological polar surface area (TPSA) is 61.9 Å². The summed E-state index contributed by atoms with van der Waals surface area (Å²) in [4.78, 5) is 28.8. The van der Waals surface area contributed by atoms with Crippen LogP contribution < -0.4 is 10.1 Å². The van der Waals surface area contributed by atoms with Crippen molar-refractivity contribution < 1.29 is 14.3 Å². The molecule has 148 valence electrons. The molecule has 27 heavy (non-hydrogen) atoms. The summed E-state index contributed by atoms with van der Waals surface area (Å²) >= 11 is 0. The molecule has 1 atom stereocenters. The number of piperidine rings is 1. The summed E-state index contributed by atoms with van der Waals surface area (Å²) in [6, 6.07) is 8.08. The predicted octanol–water partition coefficient (Wildman–Crippen LogP) is 2.06. The molecular weight excluding hydrogens is 342 g/mol. The molecule has 1 heterocycles. The Balaban J connectivity index is 1.49. The largest absolute Gasteiger partial charge is 0.497 e. The van der Waals surface area contributed by atoms with E-state index in [1.807, 2.05) is 43.3 Å². The average molecular weight is 373 g/mol.